The third kappa shape index (κ3) is 5.35. The molecule has 0 atom stereocenters. The molecule has 0 aliphatic rings. The molecule has 2 aromatic carbocycles. The Morgan fingerprint density at radius 2 is 1.97 bits per heavy atom. The molecule has 0 aliphatic carbocycles. The number of hydrogen-bond donors (Lipinski definition) is 2. The maximum absolute atomic E-state index is 12.7. The van der Waals surface area contributed by atoms with E-state index in [2.05, 4.69) is 10.0 Å². The van der Waals surface area contributed by atoms with E-state index >= 15 is 0 Å². The van der Waals surface area contributed by atoms with Crippen molar-refractivity contribution in [2.24, 2.45) is 0 Å². The fourth-order valence-electron chi connectivity index (χ4n) is 2.85. The van der Waals surface area contributed by atoms with Crippen molar-refractivity contribution in [3.63, 3.8) is 0 Å². The van der Waals surface area contributed by atoms with Gasteiger partial charge in [0.05, 0.1) is 31.1 Å². The molecule has 0 bridgehead atoms. The number of nitrogens with one attached hydrogen (secondary N) is 2. The summed E-state index contributed by atoms with van der Waals surface area (Å²) in [7, 11) is -0.481. The van der Waals surface area contributed by atoms with Crippen LogP contribution in [0.2, 0.25) is 0 Å². The number of anilines is 1. The van der Waals surface area contributed by atoms with Gasteiger partial charge in [0, 0.05) is 24.9 Å². The Labute approximate surface area is 168 Å². The second kappa shape index (κ2) is 9.08. The Kier molecular flexibility index (Phi) is 6.53. The Bertz CT molecular complexity index is 1110. The Hall–Kier alpha value is -2.88. The number of rotatable bonds is 9. The number of carbonyl (C=O) groups excluding carboxylic acids is 1. The van der Waals surface area contributed by atoms with Crippen molar-refractivity contribution < 1.29 is 27.1 Å². The van der Waals surface area contributed by atoms with E-state index in [4.69, 9.17) is 13.9 Å². The quantitative estimate of drug-likeness (QED) is 0.518. The van der Waals surface area contributed by atoms with Crippen LogP contribution in [0.1, 0.15) is 15.9 Å². The molecule has 1 aromatic heterocycles. The van der Waals surface area contributed by atoms with Crippen LogP contribution < -0.4 is 14.8 Å². The zero-order valence-corrected chi connectivity index (χ0v) is 16.9. The normalized spacial score (nSPS) is 11.5. The minimum Gasteiger partial charge on any atom is -0.496 e. The van der Waals surface area contributed by atoms with E-state index in [0.29, 0.717) is 34.8 Å². The number of hydrogen-bond acceptors (Lipinski definition) is 6. The topological polar surface area (TPSA) is 107 Å². The van der Waals surface area contributed by atoms with E-state index in [1.165, 1.54) is 20.5 Å². The van der Waals surface area contributed by atoms with Gasteiger partial charge in [0.1, 0.15) is 11.3 Å². The molecular weight excluding hydrogens is 396 g/mol. The highest BCUT2D eigenvalue weighted by Gasteiger charge is 2.15. The molecule has 29 heavy (non-hydrogen) atoms. The van der Waals surface area contributed by atoms with Crippen molar-refractivity contribution in [3.05, 3.63) is 59.9 Å². The first-order valence-corrected chi connectivity index (χ1v) is 10.5. The Balaban J connectivity index is 1.74. The molecule has 3 rings (SSSR count). The summed E-state index contributed by atoms with van der Waals surface area (Å²) in [4.78, 5) is 12.7. The van der Waals surface area contributed by atoms with Crippen molar-refractivity contribution in [1.29, 1.82) is 0 Å². The van der Waals surface area contributed by atoms with Crippen molar-refractivity contribution >= 4 is 32.6 Å². The molecule has 0 fully saturated rings. The van der Waals surface area contributed by atoms with Gasteiger partial charge in [-0.2, -0.15) is 0 Å². The van der Waals surface area contributed by atoms with Gasteiger partial charge >= 0.3 is 0 Å². The first-order chi connectivity index (χ1) is 13.9. The molecule has 8 nitrogen and oxygen atoms in total. The molecule has 0 aliphatic heterocycles. The summed E-state index contributed by atoms with van der Waals surface area (Å²) in [5.74, 6) is -0.0322. The molecule has 9 heteroatoms. The molecule has 0 radical (unpaired) electrons. The molecule has 1 amide bonds. The van der Waals surface area contributed by atoms with Gasteiger partial charge in [-0.15, -0.1) is 0 Å². The fourth-order valence-corrected chi connectivity index (χ4v) is 3.96. The molecular formula is C20H22N2O6S. The van der Waals surface area contributed by atoms with Crippen LogP contribution in [0.25, 0.3) is 11.0 Å². The summed E-state index contributed by atoms with van der Waals surface area (Å²) in [6.07, 6.45) is 1.53. The van der Waals surface area contributed by atoms with E-state index < -0.39 is 10.0 Å². The maximum atomic E-state index is 12.7. The highest BCUT2D eigenvalue weighted by Crippen LogP contribution is 2.28. The second-order valence-electron chi connectivity index (χ2n) is 6.31. The van der Waals surface area contributed by atoms with Crippen LogP contribution in [-0.4, -0.2) is 41.7 Å². The largest absolute Gasteiger partial charge is 0.496 e. The first kappa shape index (κ1) is 20.8. The Morgan fingerprint density at radius 1 is 1.14 bits per heavy atom. The maximum Gasteiger partial charge on any atom is 0.255 e. The number of sulfonamides is 1. The van der Waals surface area contributed by atoms with Crippen LogP contribution in [0.15, 0.2) is 53.1 Å². The molecule has 0 saturated carbocycles. The monoisotopic (exact) mass is 418 g/mol. The number of fused-ring (bicyclic) bond motifs is 1. The summed E-state index contributed by atoms with van der Waals surface area (Å²) in [5, 5.41) is 3.55. The highest BCUT2D eigenvalue weighted by molar-refractivity contribution is 7.88. The number of carbonyl (C=O) groups is 1. The zero-order chi connectivity index (χ0) is 20.9. The molecule has 154 valence electrons. The van der Waals surface area contributed by atoms with E-state index in [1.807, 2.05) is 0 Å². The smallest absolute Gasteiger partial charge is 0.255 e. The van der Waals surface area contributed by atoms with Crippen molar-refractivity contribution in [2.45, 2.75) is 5.75 Å². The number of ether oxygens (including phenoxy) is 2. The predicted octanol–water partition coefficient (Wildman–Crippen LogP) is 2.76. The SMILES string of the molecule is COCCNS(=O)(=O)Cc1cccc(NC(=O)c2cc(OC)c3ccoc3c2)c1. The number of amides is 1. The molecule has 2 N–H and O–H groups in total. The van der Waals surface area contributed by atoms with E-state index in [9.17, 15) is 13.2 Å². The van der Waals surface area contributed by atoms with Crippen molar-refractivity contribution in [1.82, 2.24) is 4.72 Å². The van der Waals surface area contributed by atoms with Crippen LogP contribution in [-0.2, 0) is 20.5 Å². The van der Waals surface area contributed by atoms with Crippen LogP contribution in [0, 0.1) is 0 Å². The van der Waals surface area contributed by atoms with Crippen molar-refractivity contribution in [3.8, 4) is 5.75 Å². The molecule has 3 aromatic rings. The van der Waals surface area contributed by atoms with E-state index in [1.54, 1.807) is 42.5 Å². The van der Waals surface area contributed by atoms with Gasteiger partial charge in [-0.1, -0.05) is 12.1 Å². The van der Waals surface area contributed by atoms with Crippen LogP contribution in [0.4, 0.5) is 5.69 Å². The number of furan rings is 1. The Morgan fingerprint density at radius 3 is 2.72 bits per heavy atom. The molecule has 0 unspecified atom stereocenters. The lowest BCUT2D eigenvalue weighted by atomic mass is 10.1. The lowest BCUT2D eigenvalue weighted by Gasteiger charge is -2.10. The number of methoxy groups -OCH3 is 2. The van der Waals surface area contributed by atoms with Gasteiger partial charge in [0.2, 0.25) is 10.0 Å². The van der Waals surface area contributed by atoms with Gasteiger partial charge in [0.15, 0.2) is 0 Å². The third-order valence-electron chi connectivity index (χ3n) is 4.19. The minimum absolute atomic E-state index is 0.201. The highest BCUT2D eigenvalue weighted by atomic mass is 32.2. The first-order valence-electron chi connectivity index (χ1n) is 8.83. The summed E-state index contributed by atoms with van der Waals surface area (Å²) >= 11 is 0. The average molecular weight is 418 g/mol. The van der Waals surface area contributed by atoms with E-state index in [0.717, 1.165) is 5.39 Å². The average Bonchev–Trinajstić information content (AvgIpc) is 3.16. The summed E-state index contributed by atoms with van der Waals surface area (Å²) < 4.78 is 42.2. The molecule has 1 heterocycles. The van der Waals surface area contributed by atoms with Gasteiger partial charge < -0.3 is 19.2 Å². The minimum atomic E-state index is -3.50. The van der Waals surface area contributed by atoms with Crippen molar-refractivity contribution in [2.75, 3.05) is 32.7 Å². The standard InChI is InChI=1S/C20H22N2O6S/c1-26-9-7-21-29(24,25)13-14-4-3-5-16(10-14)22-20(23)15-11-18(27-2)17-6-8-28-19(17)12-15/h3-6,8,10-12,21H,7,9,13H2,1-2H3,(H,22,23). The third-order valence-corrected chi connectivity index (χ3v) is 5.54. The van der Waals surface area contributed by atoms with Gasteiger partial charge in [-0.05, 0) is 35.9 Å². The molecule has 0 spiro atoms. The second-order valence-corrected chi connectivity index (χ2v) is 8.12. The van der Waals surface area contributed by atoms with Gasteiger partial charge in [0.25, 0.3) is 5.91 Å². The van der Waals surface area contributed by atoms with Crippen LogP contribution in [0.5, 0.6) is 5.75 Å². The van der Waals surface area contributed by atoms with Gasteiger partial charge in [-0.25, -0.2) is 13.1 Å². The predicted molar refractivity (Wildman–Crippen MR) is 110 cm³/mol. The van der Waals surface area contributed by atoms with Crippen LogP contribution >= 0.6 is 0 Å². The van der Waals surface area contributed by atoms with Crippen LogP contribution in [0.3, 0.4) is 0 Å². The summed E-state index contributed by atoms with van der Waals surface area (Å²) in [6.45, 7) is 0.491. The van der Waals surface area contributed by atoms with E-state index in [-0.39, 0.29) is 18.2 Å². The zero-order valence-electron chi connectivity index (χ0n) is 16.1. The fraction of sp³-hybridized carbons (Fsp3) is 0.250. The summed E-state index contributed by atoms with van der Waals surface area (Å²) in [5.41, 5.74) is 1.94. The lowest BCUT2D eigenvalue weighted by Crippen LogP contribution is -2.28. The summed E-state index contributed by atoms with van der Waals surface area (Å²) in [6, 6.07) is 11.7. The van der Waals surface area contributed by atoms with Gasteiger partial charge in [-0.3, -0.25) is 4.79 Å². The number of benzene rings is 2. The molecule has 0 saturated heterocycles. The lowest BCUT2D eigenvalue weighted by molar-refractivity contribution is 0.102.